The van der Waals surface area contributed by atoms with Crippen LogP contribution in [0, 0.1) is 5.92 Å². The largest absolute Gasteiger partial charge is 0.497 e. The van der Waals surface area contributed by atoms with E-state index in [1.807, 2.05) is 13.8 Å². The molecule has 3 N–H and O–H groups in total. The number of sulfonamides is 1. The lowest BCUT2D eigenvalue weighted by Crippen LogP contribution is -2.51. The van der Waals surface area contributed by atoms with Crippen molar-refractivity contribution in [2.24, 2.45) is 5.92 Å². The molecule has 1 aromatic rings. The van der Waals surface area contributed by atoms with Gasteiger partial charge in [0.25, 0.3) is 0 Å². The van der Waals surface area contributed by atoms with Gasteiger partial charge in [0.1, 0.15) is 11.8 Å². The molecule has 0 aliphatic carbocycles. The van der Waals surface area contributed by atoms with Crippen LogP contribution in [0.4, 0.5) is 0 Å². The molecule has 1 amide bonds. The van der Waals surface area contributed by atoms with Crippen molar-refractivity contribution in [1.82, 2.24) is 10.0 Å². The summed E-state index contributed by atoms with van der Waals surface area (Å²) in [5.41, 5.74) is 0. The van der Waals surface area contributed by atoms with E-state index in [-0.39, 0.29) is 10.8 Å². The second-order valence-corrected chi connectivity index (χ2v) is 8.36. The molecule has 3 unspecified atom stereocenters. The predicted octanol–water partition coefficient (Wildman–Crippen LogP) is 0.612. The van der Waals surface area contributed by atoms with Gasteiger partial charge in [0.15, 0.2) is 6.29 Å². The first-order valence-electron chi connectivity index (χ1n) is 8.49. The van der Waals surface area contributed by atoms with Gasteiger partial charge < -0.3 is 19.9 Å². The number of aliphatic hydroxyl groups excluding tert-OH is 1. The maximum atomic E-state index is 12.6. The highest BCUT2D eigenvalue weighted by atomic mass is 32.2. The lowest BCUT2D eigenvalue weighted by Gasteiger charge is -2.23. The van der Waals surface area contributed by atoms with Gasteiger partial charge >= 0.3 is 0 Å². The topological polar surface area (TPSA) is 114 Å². The van der Waals surface area contributed by atoms with Crippen LogP contribution in [0.5, 0.6) is 5.75 Å². The Bertz CT molecular complexity index is 704. The van der Waals surface area contributed by atoms with Crippen molar-refractivity contribution in [3.63, 3.8) is 0 Å². The Balaban J connectivity index is 2.13. The lowest BCUT2D eigenvalue weighted by molar-refractivity contribution is -0.127. The number of nitrogens with one attached hydrogen (secondary N) is 2. The van der Waals surface area contributed by atoms with E-state index >= 15 is 0 Å². The molecule has 9 heteroatoms. The van der Waals surface area contributed by atoms with E-state index in [0.717, 1.165) is 0 Å². The number of ether oxygens (including phenoxy) is 2. The summed E-state index contributed by atoms with van der Waals surface area (Å²) < 4.78 is 37.7. The summed E-state index contributed by atoms with van der Waals surface area (Å²) in [6, 6.07) is 4.43. The highest BCUT2D eigenvalue weighted by Gasteiger charge is 2.32. The zero-order chi connectivity index (χ0) is 19.3. The van der Waals surface area contributed by atoms with Gasteiger partial charge in [0.2, 0.25) is 15.9 Å². The lowest BCUT2D eigenvalue weighted by atomic mass is 10.0. The van der Waals surface area contributed by atoms with Crippen molar-refractivity contribution in [2.45, 2.75) is 50.0 Å². The summed E-state index contributed by atoms with van der Waals surface area (Å²) in [7, 11) is -2.39. The Morgan fingerprint density at radius 1 is 1.35 bits per heavy atom. The van der Waals surface area contributed by atoms with E-state index < -0.39 is 34.3 Å². The molecule has 1 heterocycles. The SMILES string of the molecule is COc1ccc(S(=O)(=O)NC(CC(C)C)C(=O)NC2CCOC2O)cc1. The molecular formula is C17H26N2O6S. The smallest absolute Gasteiger partial charge is 0.241 e. The van der Waals surface area contributed by atoms with E-state index in [1.165, 1.54) is 31.4 Å². The minimum absolute atomic E-state index is 0.0455. The molecule has 8 nitrogen and oxygen atoms in total. The highest BCUT2D eigenvalue weighted by molar-refractivity contribution is 7.89. The molecule has 1 aliphatic heterocycles. The molecule has 1 aromatic carbocycles. The Morgan fingerprint density at radius 3 is 2.50 bits per heavy atom. The van der Waals surface area contributed by atoms with E-state index in [4.69, 9.17) is 9.47 Å². The van der Waals surface area contributed by atoms with E-state index in [2.05, 4.69) is 10.0 Å². The van der Waals surface area contributed by atoms with Crippen LogP contribution in [-0.4, -0.2) is 51.5 Å². The third kappa shape index (κ3) is 5.41. The first kappa shape index (κ1) is 20.6. The van der Waals surface area contributed by atoms with Crippen LogP contribution in [0.3, 0.4) is 0 Å². The summed E-state index contributed by atoms with van der Waals surface area (Å²) in [6.45, 7) is 4.14. The van der Waals surface area contributed by atoms with Crippen LogP contribution in [0.15, 0.2) is 29.2 Å². The maximum absolute atomic E-state index is 12.6. The number of carbonyl (C=O) groups excluding carboxylic acids is 1. The average molecular weight is 386 g/mol. The zero-order valence-electron chi connectivity index (χ0n) is 15.1. The third-order valence-electron chi connectivity index (χ3n) is 4.08. The molecule has 26 heavy (non-hydrogen) atoms. The average Bonchev–Trinajstić information content (AvgIpc) is 2.98. The first-order chi connectivity index (χ1) is 12.2. The second-order valence-electron chi connectivity index (χ2n) is 6.64. The fourth-order valence-corrected chi connectivity index (χ4v) is 3.90. The summed E-state index contributed by atoms with van der Waals surface area (Å²) in [5.74, 6) is 0.148. The molecular weight excluding hydrogens is 360 g/mol. The van der Waals surface area contributed by atoms with Gasteiger partial charge in [-0.2, -0.15) is 4.72 Å². The molecule has 0 spiro atoms. The number of carbonyl (C=O) groups is 1. The number of hydrogen-bond acceptors (Lipinski definition) is 6. The number of hydrogen-bond donors (Lipinski definition) is 3. The molecule has 3 atom stereocenters. The van der Waals surface area contributed by atoms with Gasteiger partial charge in [0.05, 0.1) is 24.7 Å². The van der Waals surface area contributed by atoms with Crippen molar-refractivity contribution < 1.29 is 27.8 Å². The second kappa shape index (κ2) is 8.81. The monoisotopic (exact) mass is 386 g/mol. The van der Waals surface area contributed by atoms with Crippen LogP contribution in [-0.2, 0) is 19.6 Å². The highest BCUT2D eigenvalue weighted by Crippen LogP contribution is 2.17. The van der Waals surface area contributed by atoms with Crippen LogP contribution >= 0.6 is 0 Å². The molecule has 0 radical (unpaired) electrons. The zero-order valence-corrected chi connectivity index (χ0v) is 16.0. The van der Waals surface area contributed by atoms with Crippen LogP contribution in [0.1, 0.15) is 26.7 Å². The van der Waals surface area contributed by atoms with Crippen molar-refractivity contribution >= 4 is 15.9 Å². The standard InChI is InChI=1S/C17H26N2O6S/c1-11(2)10-15(16(20)18-14-8-9-25-17(14)21)19-26(22,23)13-6-4-12(24-3)5-7-13/h4-7,11,14-15,17,19,21H,8-10H2,1-3H3,(H,18,20). The molecule has 146 valence electrons. The summed E-state index contributed by atoms with van der Waals surface area (Å²) in [6.07, 6.45) is -0.269. The summed E-state index contributed by atoms with van der Waals surface area (Å²) >= 11 is 0. The Labute approximate surface area is 153 Å². The molecule has 0 saturated carbocycles. The third-order valence-corrected chi connectivity index (χ3v) is 5.57. The van der Waals surface area contributed by atoms with Gasteiger partial charge in [-0.05, 0) is 43.0 Å². The minimum Gasteiger partial charge on any atom is -0.497 e. The van der Waals surface area contributed by atoms with Crippen molar-refractivity contribution in [2.75, 3.05) is 13.7 Å². The van der Waals surface area contributed by atoms with Crippen molar-refractivity contribution in [3.8, 4) is 5.75 Å². The number of aliphatic hydroxyl groups is 1. The number of rotatable bonds is 8. The van der Waals surface area contributed by atoms with Gasteiger partial charge in [0, 0.05) is 0 Å². The number of methoxy groups -OCH3 is 1. The molecule has 1 fully saturated rings. The predicted molar refractivity (Wildman–Crippen MR) is 95.1 cm³/mol. The fraction of sp³-hybridized carbons (Fsp3) is 0.588. The summed E-state index contributed by atoms with van der Waals surface area (Å²) in [5, 5.41) is 12.3. The Hall–Kier alpha value is -1.68. The first-order valence-corrected chi connectivity index (χ1v) is 9.97. The van der Waals surface area contributed by atoms with Crippen LogP contribution in [0.25, 0.3) is 0 Å². The van der Waals surface area contributed by atoms with Crippen LogP contribution in [0.2, 0.25) is 0 Å². The molecule has 1 aliphatic rings. The van der Waals surface area contributed by atoms with Gasteiger partial charge in [-0.1, -0.05) is 13.8 Å². The van der Waals surface area contributed by atoms with Gasteiger partial charge in [-0.25, -0.2) is 8.42 Å². The molecule has 0 aromatic heterocycles. The van der Waals surface area contributed by atoms with Crippen molar-refractivity contribution in [1.29, 1.82) is 0 Å². The van der Waals surface area contributed by atoms with Gasteiger partial charge in [-0.15, -0.1) is 0 Å². The minimum atomic E-state index is -3.88. The Kier molecular flexibility index (Phi) is 6.99. The van der Waals surface area contributed by atoms with E-state index in [1.54, 1.807) is 0 Å². The molecule has 1 saturated heterocycles. The molecule has 0 bridgehead atoms. The van der Waals surface area contributed by atoms with Crippen molar-refractivity contribution in [3.05, 3.63) is 24.3 Å². The normalized spacial score (nSPS) is 21.6. The number of amides is 1. The van der Waals surface area contributed by atoms with Gasteiger partial charge in [-0.3, -0.25) is 4.79 Å². The quantitative estimate of drug-likeness (QED) is 0.603. The molecule has 2 rings (SSSR count). The maximum Gasteiger partial charge on any atom is 0.241 e. The summed E-state index contributed by atoms with van der Waals surface area (Å²) in [4.78, 5) is 12.6. The Morgan fingerprint density at radius 2 is 2.00 bits per heavy atom. The van der Waals surface area contributed by atoms with E-state index in [0.29, 0.717) is 25.2 Å². The van der Waals surface area contributed by atoms with E-state index in [9.17, 15) is 18.3 Å². The van der Waals surface area contributed by atoms with Crippen LogP contribution < -0.4 is 14.8 Å². The fourth-order valence-electron chi connectivity index (χ4n) is 2.69. The number of benzene rings is 1.